The van der Waals surface area contributed by atoms with Gasteiger partial charge in [-0.3, -0.25) is 19.0 Å². The number of hydrogen-bond donors (Lipinski definition) is 2. The first-order chi connectivity index (χ1) is 12.6. The molecule has 2 heterocycles. The molecule has 142 valence electrons. The summed E-state index contributed by atoms with van der Waals surface area (Å²) >= 11 is 1.49. The number of thioether (sulfide) groups is 1. The van der Waals surface area contributed by atoms with Crippen molar-refractivity contribution in [2.75, 3.05) is 11.1 Å². The molecule has 1 aliphatic rings. The minimum Gasteiger partial charge on any atom is -0.366 e. The minimum atomic E-state index is -0.519. The smallest absolute Gasteiger partial charge is 0.254 e. The van der Waals surface area contributed by atoms with Crippen molar-refractivity contribution in [1.82, 2.24) is 9.55 Å². The minimum absolute atomic E-state index is 0.126. The summed E-state index contributed by atoms with van der Waals surface area (Å²) in [7, 11) is 0. The highest BCUT2D eigenvalue weighted by Crippen LogP contribution is 2.33. The van der Waals surface area contributed by atoms with Crippen LogP contribution in [-0.4, -0.2) is 27.1 Å². The van der Waals surface area contributed by atoms with Gasteiger partial charge in [0.15, 0.2) is 5.16 Å². The number of carbonyl (C=O) groups is 2. The van der Waals surface area contributed by atoms with Crippen molar-refractivity contribution in [2.24, 2.45) is 5.73 Å². The van der Waals surface area contributed by atoms with E-state index >= 15 is 0 Å². The Bertz CT molecular complexity index is 945. The molecule has 1 unspecified atom stereocenters. The number of amides is 2. The maximum absolute atomic E-state index is 12.6. The first-order valence-electron chi connectivity index (χ1n) is 8.62. The third kappa shape index (κ3) is 4.21. The van der Waals surface area contributed by atoms with Crippen LogP contribution in [0.25, 0.3) is 0 Å². The predicted molar refractivity (Wildman–Crippen MR) is 105 cm³/mol. The number of carbonyl (C=O) groups excluding carboxylic acids is 2. The third-order valence-corrected chi connectivity index (χ3v) is 5.43. The fourth-order valence-corrected chi connectivity index (χ4v) is 3.98. The van der Waals surface area contributed by atoms with E-state index in [-0.39, 0.29) is 29.3 Å². The highest BCUT2D eigenvalue weighted by molar-refractivity contribution is 7.99. The van der Waals surface area contributed by atoms with E-state index in [0.29, 0.717) is 22.2 Å². The van der Waals surface area contributed by atoms with Gasteiger partial charge < -0.3 is 11.1 Å². The number of hydrogen-bond acceptors (Lipinski definition) is 5. The molecular formula is C19H22N4O3S. The Balaban J connectivity index is 1.72. The Hall–Kier alpha value is -2.61. The van der Waals surface area contributed by atoms with Gasteiger partial charge in [0.2, 0.25) is 11.8 Å². The van der Waals surface area contributed by atoms with E-state index in [1.54, 1.807) is 34.9 Å². The number of benzene rings is 1. The Labute approximate surface area is 161 Å². The van der Waals surface area contributed by atoms with E-state index in [1.807, 2.05) is 20.8 Å². The average Bonchev–Trinajstić information content (AvgIpc) is 2.97. The van der Waals surface area contributed by atoms with Crippen LogP contribution in [-0.2, 0) is 10.2 Å². The van der Waals surface area contributed by atoms with Gasteiger partial charge >= 0.3 is 0 Å². The van der Waals surface area contributed by atoms with Crippen LogP contribution in [0.3, 0.4) is 0 Å². The fraction of sp³-hybridized carbons (Fsp3) is 0.368. The lowest BCUT2D eigenvalue weighted by atomic mass is 9.92. The summed E-state index contributed by atoms with van der Waals surface area (Å²) in [6.07, 6.45) is 0.175. The Morgan fingerprint density at radius 1 is 1.30 bits per heavy atom. The quantitative estimate of drug-likeness (QED) is 0.784. The summed E-state index contributed by atoms with van der Waals surface area (Å²) in [5.41, 5.74) is 6.58. The predicted octanol–water partition coefficient (Wildman–Crippen LogP) is 2.32. The number of aromatic nitrogens is 2. The molecule has 1 aromatic heterocycles. The maximum Gasteiger partial charge on any atom is 0.254 e. The van der Waals surface area contributed by atoms with Crippen LogP contribution in [0.1, 0.15) is 49.3 Å². The van der Waals surface area contributed by atoms with Gasteiger partial charge in [-0.2, -0.15) is 0 Å². The fourth-order valence-electron chi connectivity index (χ4n) is 2.83. The van der Waals surface area contributed by atoms with E-state index in [9.17, 15) is 14.4 Å². The van der Waals surface area contributed by atoms with Gasteiger partial charge in [-0.25, -0.2) is 4.98 Å². The zero-order valence-electron chi connectivity index (χ0n) is 15.5. The standard InChI is InChI=1S/C19H22N4O3S/c1-19(2,3)14-9-16(25)23-13(10-27-18(23)22-14)8-15(24)21-12-6-4-11(5-7-12)17(20)26/h4-7,9,13H,8,10H2,1-3H3,(H2,20,26)(H,21,24). The van der Waals surface area contributed by atoms with E-state index < -0.39 is 5.91 Å². The summed E-state index contributed by atoms with van der Waals surface area (Å²) in [4.78, 5) is 40.6. The van der Waals surface area contributed by atoms with E-state index in [2.05, 4.69) is 10.3 Å². The number of primary amides is 1. The molecule has 0 saturated carbocycles. The van der Waals surface area contributed by atoms with Gasteiger partial charge in [0.25, 0.3) is 5.56 Å². The molecule has 3 rings (SSSR count). The molecule has 0 radical (unpaired) electrons. The van der Waals surface area contributed by atoms with Crippen LogP contribution >= 0.6 is 11.8 Å². The zero-order chi connectivity index (χ0) is 19.8. The molecule has 0 saturated heterocycles. The van der Waals surface area contributed by atoms with Crippen LogP contribution in [0.15, 0.2) is 40.3 Å². The van der Waals surface area contributed by atoms with Crippen molar-refractivity contribution in [1.29, 1.82) is 0 Å². The van der Waals surface area contributed by atoms with Gasteiger partial charge in [0.1, 0.15) is 0 Å². The second-order valence-corrected chi connectivity index (χ2v) is 8.53. The molecule has 0 aliphatic carbocycles. The van der Waals surface area contributed by atoms with Crippen LogP contribution in [0, 0.1) is 0 Å². The van der Waals surface area contributed by atoms with Crippen molar-refractivity contribution < 1.29 is 9.59 Å². The SMILES string of the molecule is CC(C)(C)c1cc(=O)n2c(n1)SCC2CC(=O)Nc1ccc(C(N)=O)cc1. The number of nitrogens with one attached hydrogen (secondary N) is 1. The molecular weight excluding hydrogens is 364 g/mol. The van der Waals surface area contributed by atoms with E-state index in [0.717, 1.165) is 5.69 Å². The van der Waals surface area contributed by atoms with Gasteiger partial charge in [-0.15, -0.1) is 0 Å². The van der Waals surface area contributed by atoms with Crippen molar-refractivity contribution >= 4 is 29.3 Å². The number of anilines is 1. The number of fused-ring (bicyclic) bond motifs is 1. The molecule has 1 atom stereocenters. The normalized spacial score (nSPS) is 16.0. The lowest BCUT2D eigenvalue weighted by Crippen LogP contribution is -2.29. The first-order valence-corrected chi connectivity index (χ1v) is 9.60. The lowest BCUT2D eigenvalue weighted by Gasteiger charge is -2.19. The van der Waals surface area contributed by atoms with Gasteiger partial charge in [0, 0.05) is 34.9 Å². The highest BCUT2D eigenvalue weighted by Gasteiger charge is 2.29. The summed E-state index contributed by atoms with van der Waals surface area (Å²) in [6.45, 7) is 6.04. The van der Waals surface area contributed by atoms with Gasteiger partial charge in [0.05, 0.1) is 11.7 Å². The van der Waals surface area contributed by atoms with Crippen LogP contribution < -0.4 is 16.6 Å². The molecule has 2 aromatic rings. The molecule has 2 amide bonds. The number of rotatable bonds is 4. The van der Waals surface area contributed by atoms with Crippen LogP contribution in [0.5, 0.6) is 0 Å². The molecule has 27 heavy (non-hydrogen) atoms. The molecule has 0 fully saturated rings. The molecule has 1 aromatic carbocycles. The van der Waals surface area contributed by atoms with Crippen molar-refractivity contribution in [3.63, 3.8) is 0 Å². The first kappa shape index (κ1) is 19.2. The molecule has 1 aliphatic heterocycles. The second-order valence-electron chi connectivity index (χ2n) is 7.54. The van der Waals surface area contributed by atoms with Gasteiger partial charge in [-0.05, 0) is 24.3 Å². The molecule has 7 nitrogen and oxygen atoms in total. The second kappa shape index (κ2) is 7.19. The number of nitrogens with zero attached hydrogens (tertiary/aromatic N) is 2. The van der Waals surface area contributed by atoms with E-state index in [1.165, 1.54) is 11.8 Å². The summed E-state index contributed by atoms with van der Waals surface area (Å²) < 4.78 is 1.61. The summed E-state index contributed by atoms with van der Waals surface area (Å²) in [6, 6.07) is 7.69. The average molecular weight is 386 g/mol. The molecule has 0 spiro atoms. The Morgan fingerprint density at radius 3 is 2.56 bits per heavy atom. The largest absolute Gasteiger partial charge is 0.366 e. The lowest BCUT2D eigenvalue weighted by molar-refractivity contribution is -0.116. The summed E-state index contributed by atoms with van der Waals surface area (Å²) in [5, 5.41) is 3.45. The third-order valence-electron chi connectivity index (χ3n) is 4.33. The Kier molecular flexibility index (Phi) is 5.10. The Morgan fingerprint density at radius 2 is 1.96 bits per heavy atom. The molecule has 0 bridgehead atoms. The highest BCUT2D eigenvalue weighted by atomic mass is 32.2. The van der Waals surface area contributed by atoms with Crippen LogP contribution in [0.2, 0.25) is 0 Å². The topological polar surface area (TPSA) is 107 Å². The summed E-state index contributed by atoms with van der Waals surface area (Å²) in [5.74, 6) is -0.0924. The van der Waals surface area contributed by atoms with Crippen molar-refractivity contribution in [3.05, 3.63) is 51.9 Å². The molecule has 3 N–H and O–H groups in total. The van der Waals surface area contributed by atoms with Gasteiger partial charge in [-0.1, -0.05) is 32.5 Å². The van der Waals surface area contributed by atoms with Crippen LogP contribution in [0.4, 0.5) is 5.69 Å². The van der Waals surface area contributed by atoms with E-state index in [4.69, 9.17) is 5.73 Å². The zero-order valence-corrected chi connectivity index (χ0v) is 16.3. The maximum atomic E-state index is 12.6. The van der Waals surface area contributed by atoms with Crippen molar-refractivity contribution in [2.45, 2.75) is 43.8 Å². The molecule has 8 heteroatoms. The van der Waals surface area contributed by atoms with Crippen molar-refractivity contribution in [3.8, 4) is 0 Å². The monoisotopic (exact) mass is 386 g/mol. The number of nitrogens with two attached hydrogens (primary N) is 1.